The summed E-state index contributed by atoms with van der Waals surface area (Å²) in [7, 11) is -0.274. The van der Waals surface area contributed by atoms with Gasteiger partial charge in [-0.3, -0.25) is 0 Å². The van der Waals surface area contributed by atoms with Crippen LogP contribution in [0.3, 0.4) is 0 Å². The van der Waals surface area contributed by atoms with Crippen LogP contribution in [0.1, 0.15) is 33.3 Å². The number of H-pyrrole nitrogens is 1. The van der Waals surface area contributed by atoms with Crippen molar-refractivity contribution in [1.29, 1.82) is 0 Å². The Balaban J connectivity index is 2.23. The second kappa shape index (κ2) is 3.13. The van der Waals surface area contributed by atoms with Gasteiger partial charge in [0, 0.05) is 11.8 Å². The standard InChI is InChI=1S/C11H18BNO2/c1-8-6-9(13-7-8)12-14-10(2,3)11(4,5)15-12/h6-7,13H,1-5H3. The van der Waals surface area contributed by atoms with Crippen LogP contribution in [0.4, 0.5) is 0 Å². The Morgan fingerprint density at radius 1 is 1.13 bits per heavy atom. The van der Waals surface area contributed by atoms with Crippen molar-refractivity contribution < 1.29 is 9.31 Å². The SMILES string of the molecule is Cc1c[nH]c(B2OC(C)(C)C(C)(C)O2)c1. The highest BCUT2D eigenvalue weighted by molar-refractivity contribution is 6.61. The van der Waals surface area contributed by atoms with Crippen molar-refractivity contribution in [1.82, 2.24) is 4.98 Å². The summed E-state index contributed by atoms with van der Waals surface area (Å²) < 4.78 is 11.8. The lowest BCUT2D eigenvalue weighted by molar-refractivity contribution is 0.00578. The van der Waals surface area contributed by atoms with Gasteiger partial charge in [-0.15, -0.1) is 0 Å². The van der Waals surface area contributed by atoms with E-state index in [0.717, 1.165) is 5.59 Å². The van der Waals surface area contributed by atoms with E-state index in [0.29, 0.717) is 0 Å². The molecule has 1 aliphatic heterocycles. The van der Waals surface area contributed by atoms with Crippen LogP contribution in [-0.2, 0) is 9.31 Å². The molecule has 0 atom stereocenters. The predicted octanol–water partition coefficient (Wildman–Crippen LogP) is 1.62. The topological polar surface area (TPSA) is 34.2 Å². The summed E-state index contributed by atoms with van der Waals surface area (Å²) >= 11 is 0. The van der Waals surface area contributed by atoms with E-state index < -0.39 is 0 Å². The highest BCUT2D eigenvalue weighted by Crippen LogP contribution is 2.36. The van der Waals surface area contributed by atoms with Crippen molar-refractivity contribution in [3.8, 4) is 0 Å². The van der Waals surface area contributed by atoms with Crippen LogP contribution in [0.15, 0.2) is 12.3 Å². The second-order valence-electron chi connectivity index (χ2n) is 5.22. The number of aryl methyl sites for hydroxylation is 1. The molecule has 2 rings (SSSR count). The van der Waals surface area contributed by atoms with Gasteiger partial charge in [0.2, 0.25) is 0 Å². The van der Waals surface area contributed by atoms with Gasteiger partial charge in [0.25, 0.3) is 0 Å². The molecular formula is C11H18BNO2. The summed E-state index contributed by atoms with van der Waals surface area (Å²) in [5, 5.41) is 0. The molecule has 3 nitrogen and oxygen atoms in total. The molecule has 1 saturated heterocycles. The first-order chi connectivity index (χ1) is 6.82. The molecule has 15 heavy (non-hydrogen) atoms. The first-order valence-electron chi connectivity index (χ1n) is 5.32. The normalized spacial score (nSPS) is 23.4. The number of hydrogen-bond acceptors (Lipinski definition) is 2. The molecule has 0 aliphatic carbocycles. The minimum atomic E-state index is -0.274. The third kappa shape index (κ3) is 1.72. The first-order valence-corrected chi connectivity index (χ1v) is 5.32. The summed E-state index contributed by atoms with van der Waals surface area (Å²) in [5.41, 5.74) is 1.65. The number of hydrogen-bond donors (Lipinski definition) is 1. The Morgan fingerprint density at radius 3 is 2.07 bits per heavy atom. The Hall–Kier alpha value is -0.735. The lowest BCUT2D eigenvalue weighted by atomic mass is 9.85. The van der Waals surface area contributed by atoms with Crippen LogP contribution in [-0.4, -0.2) is 23.3 Å². The lowest BCUT2D eigenvalue weighted by Gasteiger charge is -2.32. The maximum atomic E-state index is 5.91. The average Bonchev–Trinajstić information content (AvgIpc) is 2.56. The highest BCUT2D eigenvalue weighted by Gasteiger charge is 2.52. The van der Waals surface area contributed by atoms with Crippen LogP contribution in [0.25, 0.3) is 0 Å². The quantitative estimate of drug-likeness (QED) is 0.710. The van der Waals surface area contributed by atoms with E-state index in [2.05, 4.69) is 38.7 Å². The third-order valence-corrected chi connectivity index (χ3v) is 3.36. The van der Waals surface area contributed by atoms with Gasteiger partial charge in [-0.05, 0) is 46.2 Å². The van der Waals surface area contributed by atoms with Gasteiger partial charge in [-0.1, -0.05) is 0 Å². The largest absolute Gasteiger partial charge is 0.512 e. The fourth-order valence-corrected chi connectivity index (χ4v) is 1.63. The second-order valence-corrected chi connectivity index (χ2v) is 5.22. The lowest BCUT2D eigenvalue weighted by Crippen LogP contribution is -2.41. The molecule has 0 radical (unpaired) electrons. The maximum absolute atomic E-state index is 5.91. The predicted molar refractivity (Wildman–Crippen MR) is 61.2 cm³/mol. The third-order valence-electron chi connectivity index (χ3n) is 3.36. The van der Waals surface area contributed by atoms with Crippen LogP contribution in [0, 0.1) is 6.92 Å². The van der Waals surface area contributed by atoms with Crippen molar-refractivity contribution in [3.63, 3.8) is 0 Å². The molecule has 0 saturated carbocycles. The van der Waals surface area contributed by atoms with Crippen molar-refractivity contribution >= 4 is 12.7 Å². The Labute approximate surface area is 91.3 Å². The fourth-order valence-electron chi connectivity index (χ4n) is 1.63. The fraction of sp³-hybridized carbons (Fsp3) is 0.636. The molecule has 0 spiro atoms. The molecule has 4 heteroatoms. The van der Waals surface area contributed by atoms with Crippen molar-refractivity contribution in [2.24, 2.45) is 0 Å². The van der Waals surface area contributed by atoms with Gasteiger partial charge in [-0.2, -0.15) is 0 Å². The minimum absolute atomic E-state index is 0.267. The van der Waals surface area contributed by atoms with Gasteiger partial charge in [0.05, 0.1) is 11.2 Å². The molecule has 1 aromatic rings. The van der Waals surface area contributed by atoms with Crippen molar-refractivity contribution in [2.45, 2.75) is 45.8 Å². The summed E-state index contributed by atoms with van der Waals surface area (Å²) in [6, 6.07) is 2.06. The van der Waals surface area contributed by atoms with Crippen LogP contribution >= 0.6 is 0 Å². The molecule has 1 fully saturated rings. The molecule has 0 amide bonds. The van der Waals surface area contributed by atoms with Gasteiger partial charge in [0.1, 0.15) is 0 Å². The Bertz CT molecular complexity index is 354. The van der Waals surface area contributed by atoms with E-state index in [-0.39, 0.29) is 18.3 Å². The molecule has 2 heterocycles. The van der Waals surface area contributed by atoms with Gasteiger partial charge >= 0.3 is 7.12 Å². The van der Waals surface area contributed by atoms with E-state index >= 15 is 0 Å². The molecule has 0 unspecified atom stereocenters. The molecule has 0 aromatic carbocycles. The zero-order chi connectivity index (χ0) is 11.3. The number of aromatic nitrogens is 1. The number of rotatable bonds is 1. The first kappa shape index (κ1) is 10.8. The summed E-state index contributed by atoms with van der Waals surface area (Å²) in [4.78, 5) is 3.17. The molecule has 82 valence electrons. The van der Waals surface area contributed by atoms with E-state index in [1.165, 1.54) is 5.56 Å². The van der Waals surface area contributed by atoms with Crippen LogP contribution in [0.5, 0.6) is 0 Å². The summed E-state index contributed by atoms with van der Waals surface area (Å²) in [6.07, 6.45) is 1.96. The zero-order valence-electron chi connectivity index (χ0n) is 10.0. The summed E-state index contributed by atoms with van der Waals surface area (Å²) in [5.74, 6) is 0. The molecular weight excluding hydrogens is 189 g/mol. The van der Waals surface area contributed by atoms with E-state index in [9.17, 15) is 0 Å². The van der Waals surface area contributed by atoms with Crippen LogP contribution < -0.4 is 5.59 Å². The Morgan fingerprint density at radius 2 is 1.67 bits per heavy atom. The smallest absolute Gasteiger partial charge is 0.398 e. The van der Waals surface area contributed by atoms with Gasteiger partial charge in [0.15, 0.2) is 0 Å². The van der Waals surface area contributed by atoms with Crippen molar-refractivity contribution in [2.75, 3.05) is 0 Å². The monoisotopic (exact) mass is 207 g/mol. The van der Waals surface area contributed by atoms with Gasteiger partial charge < -0.3 is 14.3 Å². The Kier molecular flexibility index (Phi) is 2.24. The highest BCUT2D eigenvalue weighted by atomic mass is 16.7. The average molecular weight is 207 g/mol. The van der Waals surface area contributed by atoms with Crippen molar-refractivity contribution in [3.05, 3.63) is 17.8 Å². The number of nitrogens with one attached hydrogen (secondary N) is 1. The minimum Gasteiger partial charge on any atom is -0.398 e. The van der Waals surface area contributed by atoms with E-state index in [1.54, 1.807) is 0 Å². The maximum Gasteiger partial charge on any atom is 0.512 e. The van der Waals surface area contributed by atoms with Crippen LogP contribution in [0.2, 0.25) is 0 Å². The van der Waals surface area contributed by atoms with E-state index in [1.807, 2.05) is 13.1 Å². The summed E-state index contributed by atoms with van der Waals surface area (Å²) in [6.45, 7) is 10.3. The zero-order valence-corrected chi connectivity index (χ0v) is 10.0. The number of aromatic amines is 1. The molecule has 1 N–H and O–H groups in total. The molecule has 1 aliphatic rings. The molecule has 0 bridgehead atoms. The van der Waals surface area contributed by atoms with E-state index in [4.69, 9.17) is 9.31 Å². The molecule has 1 aromatic heterocycles. The van der Waals surface area contributed by atoms with Gasteiger partial charge in [-0.25, -0.2) is 0 Å².